The molecule has 2 aromatic heterocycles. The van der Waals surface area contributed by atoms with E-state index >= 15 is 0 Å². The molecule has 2 aromatic carbocycles. The van der Waals surface area contributed by atoms with Crippen molar-refractivity contribution in [3.8, 4) is 0 Å². The number of benzene rings is 2. The molecular weight excluding hydrogens is 438 g/mol. The third-order valence-electron chi connectivity index (χ3n) is 6.13. The molecule has 4 rings (SSSR count). The summed E-state index contributed by atoms with van der Waals surface area (Å²) in [5.74, 6) is 0.237. The molecule has 0 saturated heterocycles. The van der Waals surface area contributed by atoms with E-state index in [1.54, 1.807) is 11.6 Å². The molecule has 7 heteroatoms. The van der Waals surface area contributed by atoms with E-state index < -0.39 is 0 Å². The van der Waals surface area contributed by atoms with Crippen LogP contribution in [0, 0.1) is 5.92 Å². The maximum Gasteiger partial charge on any atom is 0.332 e. The minimum absolute atomic E-state index is 0.237. The minimum atomic E-state index is -0.325. The standard InChI is InChI=1S/C28H35N5O2/c1-19(2)17-32-26-25(27(34)31(5)28(32)35)24(15-21-10-7-6-8-11-21)33(30-26)18-23-13-9-12-22(14-23)16-29-20(3)4/h6-14,19-20,29H,15-18H2,1-5H3. The maximum atomic E-state index is 13.4. The summed E-state index contributed by atoms with van der Waals surface area (Å²) in [6.45, 7) is 10.2. The van der Waals surface area contributed by atoms with Gasteiger partial charge in [-0.05, 0) is 22.6 Å². The lowest BCUT2D eigenvalue weighted by molar-refractivity contribution is 0.497. The topological polar surface area (TPSA) is 73.8 Å². The summed E-state index contributed by atoms with van der Waals surface area (Å²) in [5, 5.41) is 8.86. The number of nitrogens with one attached hydrogen (secondary N) is 1. The average Bonchev–Trinajstić information content (AvgIpc) is 3.17. The van der Waals surface area contributed by atoms with E-state index in [1.807, 2.05) is 22.9 Å². The summed E-state index contributed by atoms with van der Waals surface area (Å²) in [6, 6.07) is 18.9. The van der Waals surface area contributed by atoms with Crippen molar-refractivity contribution in [2.24, 2.45) is 13.0 Å². The first kappa shape index (κ1) is 24.7. The zero-order valence-corrected chi connectivity index (χ0v) is 21.3. The van der Waals surface area contributed by atoms with E-state index in [0.717, 1.165) is 23.4 Å². The van der Waals surface area contributed by atoms with Crippen molar-refractivity contribution in [1.29, 1.82) is 0 Å². The number of aromatic nitrogens is 4. The normalized spacial score (nSPS) is 11.7. The Bertz CT molecular complexity index is 1430. The third-order valence-corrected chi connectivity index (χ3v) is 6.13. The summed E-state index contributed by atoms with van der Waals surface area (Å²) in [7, 11) is 1.55. The molecule has 184 valence electrons. The molecule has 1 N–H and O–H groups in total. The third kappa shape index (κ3) is 5.46. The number of nitrogens with zero attached hydrogens (tertiary/aromatic N) is 4. The SMILES string of the molecule is CC(C)Cn1c(=O)n(C)c(=O)c2c(Cc3ccccc3)n(Cc3cccc(CNC(C)C)c3)nc21. The van der Waals surface area contributed by atoms with Gasteiger partial charge in [-0.2, -0.15) is 5.10 Å². The highest BCUT2D eigenvalue weighted by molar-refractivity contribution is 5.78. The van der Waals surface area contributed by atoms with E-state index in [2.05, 4.69) is 69.4 Å². The highest BCUT2D eigenvalue weighted by Crippen LogP contribution is 2.20. The number of hydrogen-bond donors (Lipinski definition) is 1. The lowest BCUT2D eigenvalue weighted by Crippen LogP contribution is -2.39. The van der Waals surface area contributed by atoms with Crippen LogP contribution in [-0.2, 0) is 33.1 Å². The second kappa shape index (κ2) is 10.4. The van der Waals surface area contributed by atoms with E-state index in [1.165, 1.54) is 10.1 Å². The van der Waals surface area contributed by atoms with Gasteiger partial charge in [0, 0.05) is 32.6 Å². The Kier molecular flexibility index (Phi) is 7.36. The largest absolute Gasteiger partial charge is 0.332 e. The van der Waals surface area contributed by atoms with Gasteiger partial charge >= 0.3 is 5.69 Å². The fourth-order valence-corrected chi connectivity index (χ4v) is 4.38. The van der Waals surface area contributed by atoms with Gasteiger partial charge in [-0.1, -0.05) is 82.3 Å². The van der Waals surface area contributed by atoms with Gasteiger partial charge in [0.2, 0.25) is 0 Å². The first-order valence-electron chi connectivity index (χ1n) is 12.3. The molecule has 4 aromatic rings. The monoisotopic (exact) mass is 473 g/mol. The Labute approximate surface area is 206 Å². The zero-order chi connectivity index (χ0) is 25.1. The summed E-state index contributed by atoms with van der Waals surface area (Å²) < 4.78 is 4.77. The van der Waals surface area contributed by atoms with Crippen molar-refractivity contribution >= 4 is 11.0 Å². The molecule has 0 bridgehead atoms. The summed E-state index contributed by atoms with van der Waals surface area (Å²) in [4.78, 5) is 26.4. The van der Waals surface area contributed by atoms with Gasteiger partial charge in [-0.25, -0.2) is 4.79 Å². The Balaban J connectivity index is 1.87. The van der Waals surface area contributed by atoms with Crippen LogP contribution in [0.5, 0.6) is 0 Å². The van der Waals surface area contributed by atoms with Crippen LogP contribution < -0.4 is 16.6 Å². The fourth-order valence-electron chi connectivity index (χ4n) is 4.38. The van der Waals surface area contributed by atoms with Crippen LogP contribution in [0.3, 0.4) is 0 Å². The van der Waals surface area contributed by atoms with Crippen LogP contribution in [0.4, 0.5) is 0 Å². The molecule has 0 amide bonds. The molecule has 2 heterocycles. The predicted octanol–water partition coefficient (Wildman–Crippen LogP) is 3.69. The van der Waals surface area contributed by atoms with Crippen molar-refractivity contribution < 1.29 is 0 Å². The Morgan fingerprint density at radius 1 is 0.914 bits per heavy atom. The van der Waals surface area contributed by atoms with Crippen LogP contribution in [0.1, 0.15) is 50.1 Å². The molecule has 0 aliphatic rings. The van der Waals surface area contributed by atoms with Gasteiger partial charge in [0.1, 0.15) is 5.39 Å². The quantitative estimate of drug-likeness (QED) is 0.402. The molecule has 0 saturated carbocycles. The molecule has 0 radical (unpaired) electrons. The van der Waals surface area contributed by atoms with Crippen molar-refractivity contribution in [3.05, 3.63) is 97.8 Å². The van der Waals surface area contributed by atoms with Gasteiger partial charge in [-0.15, -0.1) is 0 Å². The summed E-state index contributed by atoms with van der Waals surface area (Å²) >= 11 is 0. The molecule has 0 fully saturated rings. The predicted molar refractivity (Wildman–Crippen MR) is 141 cm³/mol. The number of hydrogen-bond acceptors (Lipinski definition) is 4. The van der Waals surface area contributed by atoms with Gasteiger partial charge in [0.05, 0.1) is 12.2 Å². The average molecular weight is 474 g/mol. The van der Waals surface area contributed by atoms with Crippen molar-refractivity contribution in [2.75, 3.05) is 0 Å². The highest BCUT2D eigenvalue weighted by Gasteiger charge is 2.22. The second-order valence-corrected chi connectivity index (χ2v) is 9.97. The van der Waals surface area contributed by atoms with Crippen LogP contribution >= 0.6 is 0 Å². The molecule has 0 spiro atoms. The molecule has 0 atom stereocenters. The van der Waals surface area contributed by atoms with Crippen LogP contribution in [0.15, 0.2) is 64.2 Å². The Hall–Kier alpha value is -3.45. The smallest absolute Gasteiger partial charge is 0.310 e. The van der Waals surface area contributed by atoms with Gasteiger partial charge in [0.15, 0.2) is 5.65 Å². The molecule has 0 aliphatic carbocycles. The van der Waals surface area contributed by atoms with E-state index in [9.17, 15) is 9.59 Å². The lowest BCUT2D eigenvalue weighted by Gasteiger charge is -2.11. The van der Waals surface area contributed by atoms with Gasteiger partial charge in [0.25, 0.3) is 5.56 Å². The molecule has 7 nitrogen and oxygen atoms in total. The first-order chi connectivity index (χ1) is 16.7. The summed E-state index contributed by atoms with van der Waals surface area (Å²) in [6.07, 6.45) is 0.557. The van der Waals surface area contributed by atoms with Crippen molar-refractivity contribution in [3.63, 3.8) is 0 Å². The first-order valence-corrected chi connectivity index (χ1v) is 12.3. The van der Waals surface area contributed by atoms with E-state index in [0.29, 0.717) is 36.6 Å². The summed E-state index contributed by atoms with van der Waals surface area (Å²) in [5.41, 5.74) is 4.07. The number of fused-ring (bicyclic) bond motifs is 1. The molecule has 35 heavy (non-hydrogen) atoms. The number of rotatable bonds is 9. The van der Waals surface area contributed by atoms with Crippen LogP contribution in [0.25, 0.3) is 11.0 Å². The maximum absolute atomic E-state index is 13.4. The van der Waals surface area contributed by atoms with E-state index in [-0.39, 0.29) is 17.2 Å². The minimum Gasteiger partial charge on any atom is -0.310 e. The highest BCUT2D eigenvalue weighted by atomic mass is 16.2. The lowest BCUT2D eigenvalue weighted by atomic mass is 10.1. The zero-order valence-electron chi connectivity index (χ0n) is 21.3. The Morgan fingerprint density at radius 2 is 1.60 bits per heavy atom. The van der Waals surface area contributed by atoms with Crippen molar-refractivity contribution in [2.45, 2.75) is 59.8 Å². The second-order valence-electron chi connectivity index (χ2n) is 9.97. The Morgan fingerprint density at radius 3 is 2.29 bits per heavy atom. The van der Waals surface area contributed by atoms with Gasteiger partial charge in [-0.3, -0.25) is 18.6 Å². The molecule has 0 unspecified atom stereocenters. The molecular formula is C28H35N5O2. The molecule has 0 aliphatic heterocycles. The van der Waals surface area contributed by atoms with E-state index in [4.69, 9.17) is 5.10 Å². The van der Waals surface area contributed by atoms with Gasteiger partial charge < -0.3 is 5.32 Å². The van der Waals surface area contributed by atoms with Crippen LogP contribution in [0.2, 0.25) is 0 Å². The van der Waals surface area contributed by atoms with Crippen molar-refractivity contribution in [1.82, 2.24) is 24.2 Å². The fraction of sp³-hybridized carbons (Fsp3) is 0.393. The van der Waals surface area contributed by atoms with Crippen LogP contribution in [-0.4, -0.2) is 25.0 Å².